The number of benzene rings is 1. The van der Waals surface area contributed by atoms with Gasteiger partial charge in [-0.2, -0.15) is 0 Å². The fourth-order valence-corrected chi connectivity index (χ4v) is 4.66. The molecule has 5 nitrogen and oxygen atoms in total. The number of anilines is 1. The van der Waals surface area contributed by atoms with E-state index in [2.05, 4.69) is 27.4 Å². The van der Waals surface area contributed by atoms with E-state index in [1.165, 1.54) is 42.4 Å². The Morgan fingerprint density at radius 1 is 1.19 bits per heavy atom. The number of hydrogen-bond acceptors (Lipinski definition) is 6. The number of nitrogens with zero attached hydrogens (tertiary/aromatic N) is 3. The fourth-order valence-electron chi connectivity index (χ4n) is 2.65. The second kappa shape index (κ2) is 10.0. The maximum absolute atomic E-state index is 12.0. The molecule has 0 radical (unpaired) electrons. The van der Waals surface area contributed by atoms with Crippen LogP contribution in [0.15, 0.2) is 39.7 Å². The number of aromatic nitrogens is 3. The van der Waals surface area contributed by atoms with E-state index in [0.717, 1.165) is 33.0 Å². The highest BCUT2D eigenvalue weighted by Gasteiger charge is 2.11. The van der Waals surface area contributed by atoms with E-state index in [0.29, 0.717) is 16.6 Å². The van der Waals surface area contributed by atoms with Crippen molar-refractivity contribution in [2.24, 2.45) is 0 Å². The van der Waals surface area contributed by atoms with Crippen LogP contribution in [0.2, 0.25) is 5.02 Å². The van der Waals surface area contributed by atoms with E-state index >= 15 is 0 Å². The number of nitrogens with one attached hydrogen (secondary N) is 1. The number of amides is 1. The van der Waals surface area contributed by atoms with E-state index in [-0.39, 0.29) is 5.91 Å². The molecule has 0 aliphatic heterocycles. The van der Waals surface area contributed by atoms with Gasteiger partial charge in [-0.05, 0) is 24.6 Å². The third-order valence-electron chi connectivity index (χ3n) is 4.02. The first kappa shape index (κ1) is 20.0. The summed E-state index contributed by atoms with van der Waals surface area (Å²) in [7, 11) is 0. The van der Waals surface area contributed by atoms with Gasteiger partial charge >= 0.3 is 0 Å². The van der Waals surface area contributed by atoms with Crippen LogP contribution in [0.4, 0.5) is 5.13 Å². The van der Waals surface area contributed by atoms with Crippen molar-refractivity contribution in [1.29, 1.82) is 0 Å². The van der Waals surface area contributed by atoms with E-state index in [9.17, 15) is 4.79 Å². The Hall–Kier alpha value is -1.70. The summed E-state index contributed by atoms with van der Waals surface area (Å²) < 4.78 is 0.774. The summed E-state index contributed by atoms with van der Waals surface area (Å²) in [5.41, 5.74) is 0.841. The van der Waals surface area contributed by atoms with Crippen molar-refractivity contribution in [1.82, 2.24) is 15.2 Å². The summed E-state index contributed by atoms with van der Waals surface area (Å²) in [5, 5.41) is 13.3. The van der Waals surface area contributed by atoms with Crippen molar-refractivity contribution < 1.29 is 4.79 Å². The van der Waals surface area contributed by atoms with Crippen LogP contribution in [0.1, 0.15) is 45.4 Å². The highest BCUT2D eigenvalue weighted by Crippen LogP contribution is 2.36. The third kappa shape index (κ3) is 5.89. The summed E-state index contributed by atoms with van der Waals surface area (Å²) in [6, 6.07) is 7.58. The van der Waals surface area contributed by atoms with Gasteiger partial charge in [0.05, 0.1) is 5.52 Å². The van der Waals surface area contributed by atoms with Gasteiger partial charge in [-0.15, -0.1) is 10.2 Å². The standard InChI is InChI=1S/C19H21ClN4OS2/c1-2-3-4-5-6-7-17(25)22-18-23-24-19(27-18)26-16-10-11-21-15-12-13(20)8-9-14(15)16/h8-12H,2-7H2,1H3,(H,22,23,25). The van der Waals surface area contributed by atoms with Crippen LogP contribution in [0.3, 0.4) is 0 Å². The van der Waals surface area contributed by atoms with Gasteiger partial charge in [0.25, 0.3) is 0 Å². The lowest BCUT2D eigenvalue weighted by molar-refractivity contribution is -0.116. The molecule has 0 spiro atoms. The van der Waals surface area contributed by atoms with Gasteiger partial charge in [0.2, 0.25) is 11.0 Å². The molecule has 0 atom stereocenters. The topological polar surface area (TPSA) is 67.8 Å². The molecule has 1 aromatic carbocycles. The lowest BCUT2D eigenvalue weighted by Crippen LogP contribution is -2.10. The zero-order valence-corrected chi connectivity index (χ0v) is 17.5. The lowest BCUT2D eigenvalue weighted by Gasteiger charge is -2.03. The predicted octanol–water partition coefficient (Wildman–Crippen LogP) is 6.19. The smallest absolute Gasteiger partial charge is 0.226 e. The molecule has 0 aliphatic carbocycles. The Morgan fingerprint density at radius 2 is 2.04 bits per heavy atom. The fraction of sp³-hybridized carbons (Fsp3) is 0.368. The Bertz CT molecular complexity index is 916. The van der Waals surface area contributed by atoms with Gasteiger partial charge in [0.15, 0.2) is 4.34 Å². The number of carbonyl (C=O) groups excluding carboxylic acids is 1. The SMILES string of the molecule is CCCCCCCC(=O)Nc1nnc(Sc2ccnc3cc(Cl)ccc23)s1. The average molecular weight is 421 g/mol. The van der Waals surface area contributed by atoms with E-state index in [1.54, 1.807) is 6.20 Å². The van der Waals surface area contributed by atoms with Crippen molar-refractivity contribution in [2.75, 3.05) is 5.32 Å². The molecule has 0 saturated heterocycles. The zero-order chi connectivity index (χ0) is 19.1. The highest BCUT2D eigenvalue weighted by atomic mass is 35.5. The Morgan fingerprint density at radius 3 is 2.89 bits per heavy atom. The van der Waals surface area contributed by atoms with Gasteiger partial charge in [-0.1, -0.05) is 73.4 Å². The Kier molecular flexibility index (Phi) is 7.43. The summed E-state index contributed by atoms with van der Waals surface area (Å²) in [4.78, 5) is 17.4. The molecule has 0 bridgehead atoms. The van der Waals surface area contributed by atoms with Crippen molar-refractivity contribution in [3.8, 4) is 0 Å². The normalized spacial score (nSPS) is 11.0. The molecule has 0 saturated carbocycles. The van der Waals surface area contributed by atoms with E-state index in [4.69, 9.17) is 11.6 Å². The van der Waals surface area contributed by atoms with Gasteiger partial charge < -0.3 is 5.32 Å². The lowest BCUT2D eigenvalue weighted by atomic mass is 10.1. The van der Waals surface area contributed by atoms with Crippen LogP contribution in [0, 0.1) is 0 Å². The molecule has 8 heteroatoms. The van der Waals surface area contributed by atoms with Gasteiger partial charge in [-0.3, -0.25) is 9.78 Å². The zero-order valence-electron chi connectivity index (χ0n) is 15.1. The minimum atomic E-state index is 0.00296. The first-order valence-corrected chi connectivity index (χ1v) is 11.0. The van der Waals surface area contributed by atoms with Crippen LogP contribution in [0.5, 0.6) is 0 Å². The number of rotatable bonds is 9. The van der Waals surface area contributed by atoms with E-state index in [1.807, 2.05) is 24.3 Å². The minimum absolute atomic E-state index is 0.00296. The number of carbonyl (C=O) groups is 1. The summed E-state index contributed by atoms with van der Waals surface area (Å²) in [6.07, 6.45) is 7.92. The van der Waals surface area contributed by atoms with E-state index < -0.39 is 0 Å². The summed E-state index contributed by atoms with van der Waals surface area (Å²) in [6.45, 7) is 2.18. The van der Waals surface area contributed by atoms with Crippen LogP contribution in [0.25, 0.3) is 10.9 Å². The molecule has 2 heterocycles. The molecule has 2 aromatic heterocycles. The molecular formula is C19H21ClN4OS2. The number of fused-ring (bicyclic) bond motifs is 1. The Balaban J connectivity index is 1.58. The van der Waals surface area contributed by atoms with Crippen LogP contribution < -0.4 is 5.32 Å². The molecule has 0 unspecified atom stereocenters. The largest absolute Gasteiger partial charge is 0.301 e. The minimum Gasteiger partial charge on any atom is -0.301 e. The summed E-state index contributed by atoms with van der Waals surface area (Å²) in [5.74, 6) is 0.00296. The molecule has 0 fully saturated rings. The maximum atomic E-state index is 12.0. The molecule has 3 aromatic rings. The van der Waals surface area contributed by atoms with Crippen LogP contribution >= 0.6 is 34.7 Å². The molecule has 142 valence electrons. The van der Waals surface area contributed by atoms with Crippen molar-refractivity contribution >= 4 is 56.6 Å². The van der Waals surface area contributed by atoms with Gasteiger partial charge in [-0.25, -0.2) is 0 Å². The maximum Gasteiger partial charge on any atom is 0.226 e. The molecule has 3 rings (SSSR count). The molecular weight excluding hydrogens is 400 g/mol. The van der Waals surface area contributed by atoms with Gasteiger partial charge in [0, 0.05) is 27.9 Å². The van der Waals surface area contributed by atoms with Crippen molar-refractivity contribution in [2.45, 2.75) is 54.7 Å². The molecule has 27 heavy (non-hydrogen) atoms. The highest BCUT2D eigenvalue weighted by molar-refractivity contribution is 8.01. The molecule has 1 N–H and O–H groups in total. The number of hydrogen-bond donors (Lipinski definition) is 1. The third-order valence-corrected chi connectivity index (χ3v) is 6.22. The number of pyridine rings is 1. The predicted molar refractivity (Wildman–Crippen MR) is 113 cm³/mol. The summed E-state index contributed by atoms with van der Waals surface area (Å²) >= 11 is 8.92. The second-order valence-corrected chi connectivity index (χ2v) is 8.86. The number of halogens is 1. The van der Waals surface area contributed by atoms with Crippen LogP contribution in [-0.2, 0) is 4.79 Å². The molecule has 1 amide bonds. The molecule has 0 aliphatic rings. The first-order chi connectivity index (χ1) is 13.2. The van der Waals surface area contributed by atoms with Crippen molar-refractivity contribution in [3.05, 3.63) is 35.5 Å². The first-order valence-electron chi connectivity index (χ1n) is 9.01. The second-order valence-electron chi connectivity index (χ2n) is 6.16. The average Bonchev–Trinajstić information content (AvgIpc) is 3.08. The van der Waals surface area contributed by atoms with Crippen LogP contribution in [-0.4, -0.2) is 21.1 Å². The van der Waals surface area contributed by atoms with Crippen molar-refractivity contribution in [3.63, 3.8) is 0 Å². The Labute approximate surface area is 171 Å². The monoisotopic (exact) mass is 420 g/mol. The quantitative estimate of drug-likeness (QED) is 0.330. The number of unbranched alkanes of at least 4 members (excludes halogenated alkanes) is 4. The van der Waals surface area contributed by atoms with Gasteiger partial charge in [0.1, 0.15) is 0 Å².